The zero-order valence-corrected chi connectivity index (χ0v) is 11.4. The third-order valence-electron chi connectivity index (χ3n) is 4.57. The maximum absolute atomic E-state index is 11.4. The maximum Gasteiger partial charge on any atom is 0.302 e. The number of carbonyl (C=O) groups excluding carboxylic acids is 1. The Hall–Kier alpha value is -2.09. The van der Waals surface area contributed by atoms with Gasteiger partial charge >= 0.3 is 5.97 Å². The predicted molar refractivity (Wildman–Crippen MR) is 76.7 cm³/mol. The van der Waals surface area contributed by atoms with Crippen molar-refractivity contribution < 1.29 is 9.53 Å². The van der Waals surface area contributed by atoms with Gasteiger partial charge in [0.25, 0.3) is 0 Å². The summed E-state index contributed by atoms with van der Waals surface area (Å²) in [4.78, 5) is 11.4. The molecule has 2 heteroatoms. The Morgan fingerprint density at radius 2 is 1.45 bits per heavy atom. The molecule has 2 aromatic carbocycles. The van der Waals surface area contributed by atoms with Crippen molar-refractivity contribution in [2.45, 2.75) is 31.3 Å². The molecule has 0 fully saturated rings. The minimum Gasteiger partial charge on any atom is -0.462 e. The van der Waals surface area contributed by atoms with Gasteiger partial charge in [0.1, 0.15) is 6.10 Å². The lowest BCUT2D eigenvalue weighted by atomic mass is 9.62. The zero-order chi connectivity index (χ0) is 13.7. The van der Waals surface area contributed by atoms with Crippen molar-refractivity contribution in [3.05, 3.63) is 70.8 Å². The number of benzene rings is 2. The highest BCUT2D eigenvalue weighted by molar-refractivity contribution is 5.67. The average Bonchev–Trinajstić information content (AvgIpc) is 2.47. The first-order valence-corrected chi connectivity index (χ1v) is 7.10. The molecular weight excluding hydrogens is 248 g/mol. The molecule has 0 N–H and O–H groups in total. The summed E-state index contributed by atoms with van der Waals surface area (Å²) < 4.78 is 5.60. The van der Waals surface area contributed by atoms with Gasteiger partial charge in [-0.25, -0.2) is 0 Å². The van der Waals surface area contributed by atoms with Gasteiger partial charge in [0.05, 0.1) is 0 Å². The lowest BCUT2D eigenvalue weighted by Gasteiger charge is -2.44. The first-order chi connectivity index (χ1) is 9.75. The average molecular weight is 264 g/mol. The Balaban J connectivity index is 1.91. The highest BCUT2D eigenvalue weighted by atomic mass is 16.5. The number of hydrogen-bond donors (Lipinski definition) is 0. The molecule has 2 aromatic rings. The summed E-state index contributed by atoms with van der Waals surface area (Å²) in [5.41, 5.74) is 5.46. The second-order valence-electron chi connectivity index (χ2n) is 5.67. The fourth-order valence-corrected chi connectivity index (χ4v) is 3.91. The molecule has 2 bridgehead atoms. The molecular formula is C18H16O2. The largest absolute Gasteiger partial charge is 0.462 e. The van der Waals surface area contributed by atoms with Gasteiger partial charge in [0, 0.05) is 18.8 Å². The Morgan fingerprint density at radius 1 is 0.950 bits per heavy atom. The van der Waals surface area contributed by atoms with Crippen LogP contribution in [0.25, 0.3) is 0 Å². The van der Waals surface area contributed by atoms with Gasteiger partial charge in [-0.3, -0.25) is 4.79 Å². The Kier molecular flexibility index (Phi) is 2.46. The van der Waals surface area contributed by atoms with Crippen molar-refractivity contribution in [3.8, 4) is 0 Å². The van der Waals surface area contributed by atoms with Gasteiger partial charge in [-0.2, -0.15) is 0 Å². The van der Waals surface area contributed by atoms with Crippen molar-refractivity contribution in [1.29, 1.82) is 0 Å². The predicted octanol–water partition coefficient (Wildman–Crippen LogP) is 3.60. The van der Waals surface area contributed by atoms with E-state index >= 15 is 0 Å². The molecule has 100 valence electrons. The van der Waals surface area contributed by atoms with Crippen LogP contribution in [0.1, 0.15) is 47.4 Å². The first kappa shape index (κ1) is 11.7. The molecule has 0 aliphatic heterocycles. The van der Waals surface area contributed by atoms with Crippen molar-refractivity contribution in [2.75, 3.05) is 0 Å². The van der Waals surface area contributed by atoms with E-state index in [1.807, 2.05) is 0 Å². The van der Waals surface area contributed by atoms with E-state index in [4.69, 9.17) is 4.74 Å². The van der Waals surface area contributed by atoms with Gasteiger partial charge in [0.15, 0.2) is 0 Å². The van der Waals surface area contributed by atoms with Gasteiger partial charge in [0.2, 0.25) is 0 Å². The summed E-state index contributed by atoms with van der Waals surface area (Å²) >= 11 is 0. The third kappa shape index (κ3) is 1.54. The van der Waals surface area contributed by atoms with E-state index in [9.17, 15) is 4.79 Å². The molecule has 0 saturated carbocycles. The number of esters is 1. The van der Waals surface area contributed by atoms with Crippen LogP contribution in [0, 0.1) is 0 Å². The number of carbonyl (C=O) groups is 1. The monoisotopic (exact) mass is 264 g/mol. The number of rotatable bonds is 1. The van der Waals surface area contributed by atoms with E-state index in [0.717, 1.165) is 6.42 Å². The fraction of sp³-hybridized carbons (Fsp3) is 0.278. The lowest BCUT2D eigenvalue weighted by molar-refractivity contribution is -0.148. The summed E-state index contributed by atoms with van der Waals surface area (Å²) in [7, 11) is 0. The normalized spacial score (nSPS) is 25.8. The second-order valence-corrected chi connectivity index (χ2v) is 5.67. The van der Waals surface area contributed by atoms with Gasteiger partial charge in [-0.15, -0.1) is 0 Å². The fourth-order valence-electron chi connectivity index (χ4n) is 3.91. The molecule has 0 saturated heterocycles. The molecule has 0 spiro atoms. The summed E-state index contributed by atoms with van der Waals surface area (Å²) in [6.45, 7) is 1.50. The van der Waals surface area contributed by atoms with Crippen LogP contribution in [0.3, 0.4) is 0 Å². The number of ether oxygens (including phenoxy) is 1. The molecule has 0 heterocycles. The first-order valence-electron chi connectivity index (χ1n) is 7.10. The molecule has 3 aliphatic carbocycles. The second kappa shape index (κ2) is 4.20. The Morgan fingerprint density at radius 3 is 1.95 bits per heavy atom. The van der Waals surface area contributed by atoms with Gasteiger partial charge in [-0.1, -0.05) is 48.5 Å². The van der Waals surface area contributed by atoms with E-state index < -0.39 is 0 Å². The summed E-state index contributed by atoms with van der Waals surface area (Å²) in [5, 5.41) is 0. The quantitative estimate of drug-likeness (QED) is 0.736. The van der Waals surface area contributed by atoms with Crippen LogP contribution in [-0.2, 0) is 9.53 Å². The van der Waals surface area contributed by atoms with Crippen LogP contribution in [0.5, 0.6) is 0 Å². The zero-order valence-electron chi connectivity index (χ0n) is 11.4. The summed E-state index contributed by atoms with van der Waals surface area (Å²) in [6.07, 6.45) is 0.875. The molecule has 1 unspecified atom stereocenters. The molecule has 3 aliphatic rings. The third-order valence-corrected chi connectivity index (χ3v) is 4.57. The van der Waals surface area contributed by atoms with Crippen LogP contribution < -0.4 is 0 Å². The van der Waals surface area contributed by atoms with E-state index in [1.54, 1.807) is 0 Å². The molecule has 1 atom stereocenters. The van der Waals surface area contributed by atoms with Crippen LogP contribution in [-0.4, -0.2) is 12.1 Å². The van der Waals surface area contributed by atoms with Crippen LogP contribution in [0.4, 0.5) is 0 Å². The van der Waals surface area contributed by atoms with E-state index in [-0.39, 0.29) is 18.0 Å². The Bertz CT molecular complexity index is 642. The topological polar surface area (TPSA) is 26.3 Å². The van der Waals surface area contributed by atoms with Crippen molar-refractivity contribution in [2.24, 2.45) is 0 Å². The minimum atomic E-state index is -0.183. The summed E-state index contributed by atoms with van der Waals surface area (Å²) in [6, 6.07) is 17.1. The minimum absolute atomic E-state index is 0.0256. The lowest BCUT2D eigenvalue weighted by Crippen LogP contribution is -2.38. The van der Waals surface area contributed by atoms with Crippen molar-refractivity contribution in [3.63, 3.8) is 0 Å². The highest BCUT2D eigenvalue weighted by Crippen LogP contribution is 2.53. The van der Waals surface area contributed by atoms with Crippen molar-refractivity contribution in [1.82, 2.24) is 0 Å². The molecule has 5 rings (SSSR count). The smallest absolute Gasteiger partial charge is 0.302 e. The van der Waals surface area contributed by atoms with Crippen LogP contribution in [0.15, 0.2) is 48.5 Å². The molecule has 2 nitrogen and oxygen atoms in total. The maximum atomic E-state index is 11.4. The SMILES string of the molecule is CC(=O)OC1CC2c3ccccc3C1c1ccccc12. The van der Waals surface area contributed by atoms with Gasteiger partial charge < -0.3 is 4.74 Å². The summed E-state index contributed by atoms with van der Waals surface area (Å²) in [5.74, 6) is 0.366. The van der Waals surface area contributed by atoms with E-state index in [0.29, 0.717) is 5.92 Å². The van der Waals surface area contributed by atoms with E-state index in [2.05, 4.69) is 48.5 Å². The Labute approximate surface area is 118 Å². The highest BCUT2D eigenvalue weighted by Gasteiger charge is 2.44. The standard InChI is InChI=1S/C18H16O2/c1-11(19)20-17-10-16-12-6-2-4-8-14(12)18(17)15-9-5-3-7-13(15)16/h2-9,16-18H,10H2,1H3. The van der Waals surface area contributed by atoms with E-state index in [1.165, 1.54) is 29.2 Å². The molecule has 0 radical (unpaired) electrons. The van der Waals surface area contributed by atoms with Crippen LogP contribution >= 0.6 is 0 Å². The molecule has 20 heavy (non-hydrogen) atoms. The number of fused-ring (bicyclic) bond motifs is 1. The molecule has 0 amide bonds. The number of hydrogen-bond acceptors (Lipinski definition) is 2. The van der Waals surface area contributed by atoms with Crippen molar-refractivity contribution >= 4 is 5.97 Å². The van der Waals surface area contributed by atoms with Gasteiger partial charge in [-0.05, 0) is 28.7 Å². The molecule has 0 aromatic heterocycles. The van der Waals surface area contributed by atoms with Crippen LogP contribution in [0.2, 0.25) is 0 Å².